The molecular formula is C19H24N2O5. The molecule has 7 heteroatoms. The summed E-state index contributed by atoms with van der Waals surface area (Å²) in [7, 11) is 0. The van der Waals surface area contributed by atoms with Crippen LogP contribution >= 0.6 is 0 Å². The van der Waals surface area contributed by atoms with Gasteiger partial charge < -0.3 is 20.1 Å². The van der Waals surface area contributed by atoms with Crippen molar-refractivity contribution in [2.24, 2.45) is 5.92 Å². The van der Waals surface area contributed by atoms with Gasteiger partial charge in [0.2, 0.25) is 5.91 Å². The van der Waals surface area contributed by atoms with E-state index >= 15 is 0 Å². The first kappa shape index (κ1) is 19.5. The summed E-state index contributed by atoms with van der Waals surface area (Å²) in [5, 5.41) is 5.78. The molecule has 26 heavy (non-hydrogen) atoms. The summed E-state index contributed by atoms with van der Waals surface area (Å²) in [5.41, 5.74) is 1.86. The molecule has 0 unspecified atom stereocenters. The molecule has 0 saturated carbocycles. The molecule has 1 fully saturated rings. The standard InChI is InChI=1S/C19H24N2O5/c1-11(2)9-16(22)21-15-8-6-7-14(12(15)3)20-10-13-17(23)25-19(4,5)26-18(13)24/h6-8,10-11,20H,9H2,1-5H3,(H,21,22). The van der Waals surface area contributed by atoms with E-state index in [0.29, 0.717) is 17.8 Å². The van der Waals surface area contributed by atoms with Crippen molar-refractivity contribution in [2.45, 2.75) is 46.8 Å². The monoisotopic (exact) mass is 360 g/mol. The molecule has 2 rings (SSSR count). The smallest absolute Gasteiger partial charge is 0.350 e. The van der Waals surface area contributed by atoms with Crippen molar-refractivity contribution in [3.05, 3.63) is 35.5 Å². The zero-order valence-corrected chi connectivity index (χ0v) is 15.6. The first-order chi connectivity index (χ1) is 12.1. The van der Waals surface area contributed by atoms with E-state index in [4.69, 9.17) is 9.47 Å². The van der Waals surface area contributed by atoms with Gasteiger partial charge in [-0.25, -0.2) is 9.59 Å². The van der Waals surface area contributed by atoms with Crippen LogP contribution in [0.5, 0.6) is 0 Å². The van der Waals surface area contributed by atoms with E-state index in [1.54, 1.807) is 18.2 Å². The molecule has 1 aromatic rings. The number of amides is 1. The molecule has 140 valence electrons. The molecule has 1 aromatic carbocycles. The van der Waals surface area contributed by atoms with Gasteiger partial charge in [0, 0.05) is 37.8 Å². The zero-order valence-electron chi connectivity index (χ0n) is 15.6. The number of carbonyl (C=O) groups excluding carboxylic acids is 3. The fourth-order valence-corrected chi connectivity index (χ4v) is 2.43. The number of carbonyl (C=O) groups is 3. The molecule has 0 aliphatic carbocycles. The molecule has 1 saturated heterocycles. The lowest BCUT2D eigenvalue weighted by atomic mass is 10.1. The van der Waals surface area contributed by atoms with Gasteiger partial charge in [-0.15, -0.1) is 0 Å². The third-order valence-electron chi connectivity index (χ3n) is 3.69. The van der Waals surface area contributed by atoms with Gasteiger partial charge in [-0.1, -0.05) is 19.9 Å². The van der Waals surface area contributed by atoms with Crippen molar-refractivity contribution in [1.82, 2.24) is 0 Å². The van der Waals surface area contributed by atoms with Crippen LogP contribution in [0.1, 0.15) is 39.7 Å². The van der Waals surface area contributed by atoms with Gasteiger partial charge in [0.25, 0.3) is 5.79 Å². The Labute approximate surface area is 152 Å². The van der Waals surface area contributed by atoms with Crippen LogP contribution in [0.4, 0.5) is 11.4 Å². The van der Waals surface area contributed by atoms with E-state index in [9.17, 15) is 14.4 Å². The number of nitrogens with one attached hydrogen (secondary N) is 2. The number of hydrogen-bond donors (Lipinski definition) is 2. The SMILES string of the molecule is Cc1c(NC=C2C(=O)OC(C)(C)OC2=O)cccc1NC(=O)CC(C)C. The summed E-state index contributed by atoms with van der Waals surface area (Å²) in [6.07, 6.45) is 1.68. The molecule has 7 nitrogen and oxygen atoms in total. The zero-order chi connectivity index (χ0) is 19.5. The van der Waals surface area contributed by atoms with Crippen LogP contribution in [0, 0.1) is 12.8 Å². The Balaban J connectivity index is 2.15. The fourth-order valence-electron chi connectivity index (χ4n) is 2.43. The highest BCUT2D eigenvalue weighted by molar-refractivity contribution is 6.15. The second-order valence-corrected chi connectivity index (χ2v) is 7.01. The van der Waals surface area contributed by atoms with Gasteiger partial charge in [-0.05, 0) is 30.5 Å². The van der Waals surface area contributed by atoms with Gasteiger partial charge in [-0.2, -0.15) is 0 Å². The van der Waals surface area contributed by atoms with Crippen LogP contribution < -0.4 is 10.6 Å². The van der Waals surface area contributed by atoms with Crippen LogP contribution in [-0.2, 0) is 23.9 Å². The second-order valence-electron chi connectivity index (χ2n) is 7.01. The number of hydrogen-bond acceptors (Lipinski definition) is 6. The third kappa shape index (κ3) is 4.84. The van der Waals surface area contributed by atoms with Gasteiger partial charge in [0.1, 0.15) is 0 Å². The molecular weight excluding hydrogens is 336 g/mol. The largest absolute Gasteiger partial charge is 0.419 e. The van der Waals surface area contributed by atoms with E-state index in [2.05, 4.69) is 10.6 Å². The Morgan fingerprint density at radius 1 is 1.15 bits per heavy atom. The molecule has 0 spiro atoms. The summed E-state index contributed by atoms with van der Waals surface area (Å²) in [6.45, 7) is 8.74. The summed E-state index contributed by atoms with van der Waals surface area (Å²) < 4.78 is 10.1. The molecule has 0 atom stereocenters. The second kappa shape index (κ2) is 7.59. The highest BCUT2D eigenvalue weighted by Gasteiger charge is 2.38. The minimum Gasteiger partial charge on any atom is -0.419 e. The average Bonchev–Trinajstić information content (AvgIpc) is 2.47. The van der Waals surface area contributed by atoms with Gasteiger partial charge in [0.05, 0.1) is 0 Å². The lowest BCUT2D eigenvalue weighted by molar-refractivity contribution is -0.222. The summed E-state index contributed by atoms with van der Waals surface area (Å²) in [6, 6.07) is 5.32. The molecule has 1 heterocycles. The minimum atomic E-state index is -1.28. The van der Waals surface area contributed by atoms with Crippen LogP contribution in [0.3, 0.4) is 0 Å². The summed E-state index contributed by atoms with van der Waals surface area (Å²) in [4.78, 5) is 35.9. The van der Waals surface area contributed by atoms with E-state index in [1.807, 2.05) is 20.8 Å². The number of ether oxygens (including phenoxy) is 2. The number of rotatable bonds is 5. The molecule has 1 aliphatic rings. The van der Waals surface area contributed by atoms with Crippen LogP contribution in [0.25, 0.3) is 0 Å². The average molecular weight is 360 g/mol. The van der Waals surface area contributed by atoms with Crippen molar-refractivity contribution in [2.75, 3.05) is 10.6 Å². The predicted molar refractivity (Wildman–Crippen MR) is 97.2 cm³/mol. The van der Waals surface area contributed by atoms with Crippen LogP contribution in [0.2, 0.25) is 0 Å². The number of esters is 2. The van der Waals surface area contributed by atoms with E-state index in [0.717, 1.165) is 5.56 Å². The molecule has 0 aromatic heterocycles. The van der Waals surface area contributed by atoms with Crippen LogP contribution in [0.15, 0.2) is 30.0 Å². The third-order valence-corrected chi connectivity index (χ3v) is 3.69. The maximum absolute atomic E-state index is 12.0. The predicted octanol–water partition coefficient (Wildman–Crippen LogP) is 3.11. The topological polar surface area (TPSA) is 93.7 Å². The lowest BCUT2D eigenvalue weighted by Crippen LogP contribution is -2.42. The maximum Gasteiger partial charge on any atom is 0.350 e. The van der Waals surface area contributed by atoms with Crippen molar-refractivity contribution in [1.29, 1.82) is 0 Å². The molecule has 0 bridgehead atoms. The normalized spacial score (nSPS) is 16.0. The Morgan fingerprint density at radius 2 is 1.73 bits per heavy atom. The number of cyclic esters (lactones) is 2. The minimum absolute atomic E-state index is 0.0692. The fraction of sp³-hybridized carbons (Fsp3) is 0.421. The lowest BCUT2D eigenvalue weighted by Gasteiger charge is -2.29. The van der Waals surface area contributed by atoms with Crippen molar-refractivity contribution >= 4 is 29.2 Å². The van der Waals surface area contributed by atoms with E-state index < -0.39 is 17.7 Å². The van der Waals surface area contributed by atoms with E-state index in [-0.39, 0.29) is 17.4 Å². The Morgan fingerprint density at radius 3 is 2.31 bits per heavy atom. The Bertz CT molecular complexity index is 743. The molecule has 2 N–H and O–H groups in total. The van der Waals surface area contributed by atoms with Crippen molar-refractivity contribution in [3.8, 4) is 0 Å². The van der Waals surface area contributed by atoms with Crippen molar-refractivity contribution < 1.29 is 23.9 Å². The first-order valence-corrected chi connectivity index (χ1v) is 8.42. The van der Waals surface area contributed by atoms with Gasteiger partial charge in [0.15, 0.2) is 5.57 Å². The quantitative estimate of drug-likeness (QED) is 0.476. The molecule has 1 aliphatic heterocycles. The van der Waals surface area contributed by atoms with Crippen molar-refractivity contribution in [3.63, 3.8) is 0 Å². The van der Waals surface area contributed by atoms with Gasteiger partial charge >= 0.3 is 11.9 Å². The van der Waals surface area contributed by atoms with Gasteiger partial charge in [-0.3, -0.25) is 4.79 Å². The van der Waals surface area contributed by atoms with E-state index in [1.165, 1.54) is 20.0 Å². The number of benzene rings is 1. The maximum atomic E-state index is 12.0. The summed E-state index contributed by atoms with van der Waals surface area (Å²) in [5.74, 6) is -2.59. The first-order valence-electron chi connectivity index (χ1n) is 8.42. The Hall–Kier alpha value is -2.83. The van der Waals surface area contributed by atoms with Crippen LogP contribution in [-0.4, -0.2) is 23.6 Å². The molecule has 1 amide bonds. The number of anilines is 2. The highest BCUT2D eigenvalue weighted by Crippen LogP contribution is 2.26. The summed E-state index contributed by atoms with van der Waals surface area (Å²) >= 11 is 0. The molecule has 0 radical (unpaired) electrons. The highest BCUT2D eigenvalue weighted by atomic mass is 16.7. The Kier molecular flexibility index (Phi) is 5.69.